The van der Waals surface area contributed by atoms with E-state index < -0.39 is 0 Å². The van der Waals surface area contributed by atoms with Crippen LogP contribution in [-0.2, 0) is 4.79 Å². The van der Waals surface area contributed by atoms with Crippen LogP contribution in [0.3, 0.4) is 0 Å². The first-order valence-electron chi connectivity index (χ1n) is 6.64. The lowest BCUT2D eigenvalue weighted by atomic mass is 10.3. The molecule has 1 heterocycles. The molecule has 0 saturated heterocycles. The fourth-order valence-electron chi connectivity index (χ4n) is 1.80. The molecule has 22 heavy (non-hydrogen) atoms. The van der Waals surface area contributed by atoms with Gasteiger partial charge in [-0.1, -0.05) is 35.0 Å². The molecule has 0 atom stereocenters. The van der Waals surface area contributed by atoms with E-state index in [2.05, 4.69) is 15.3 Å². The molecule has 1 amide bonds. The van der Waals surface area contributed by atoms with Crippen LogP contribution in [0, 0.1) is 13.8 Å². The fraction of sp³-hybridized carbons (Fsp3) is 0.267. The van der Waals surface area contributed by atoms with Gasteiger partial charge in [-0.3, -0.25) is 4.79 Å². The van der Waals surface area contributed by atoms with Gasteiger partial charge < -0.3 is 5.32 Å². The van der Waals surface area contributed by atoms with Gasteiger partial charge in [0.25, 0.3) is 0 Å². The van der Waals surface area contributed by atoms with Gasteiger partial charge in [-0.25, -0.2) is 9.97 Å². The number of aromatic nitrogens is 2. The normalized spacial score (nSPS) is 10.5. The van der Waals surface area contributed by atoms with Crippen LogP contribution in [0.1, 0.15) is 17.8 Å². The summed E-state index contributed by atoms with van der Waals surface area (Å²) in [6.45, 7) is 3.85. The Morgan fingerprint density at radius 3 is 2.55 bits per heavy atom. The van der Waals surface area contributed by atoms with E-state index in [1.807, 2.05) is 19.9 Å². The Kier molecular flexibility index (Phi) is 6.06. The summed E-state index contributed by atoms with van der Waals surface area (Å²) in [5.74, 6) is 0.466. The summed E-state index contributed by atoms with van der Waals surface area (Å²) in [4.78, 5) is 20.6. The van der Waals surface area contributed by atoms with Crippen molar-refractivity contribution in [3.63, 3.8) is 0 Å². The number of hydrogen-bond donors (Lipinski definition) is 1. The number of anilines is 1. The number of aryl methyl sites for hydroxylation is 2. The molecule has 0 aliphatic heterocycles. The molecule has 4 nitrogen and oxygen atoms in total. The number of carbonyl (C=O) groups excluding carboxylic acids is 1. The molecule has 1 aromatic carbocycles. The van der Waals surface area contributed by atoms with E-state index in [9.17, 15) is 4.79 Å². The molecule has 1 N–H and O–H groups in total. The highest BCUT2D eigenvalue weighted by molar-refractivity contribution is 7.99. The van der Waals surface area contributed by atoms with Crippen molar-refractivity contribution >= 4 is 46.6 Å². The molecule has 0 radical (unpaired) electrons. The zero-order chi connectivity index (χ0) is 16.1. The first-order valence-corrected chi connectivity index (χ1v) is 8.38. The van der Waals surface area contributed by atoms with Crippen LogP contribution in [0.2, 0.25) is 10.0 Å². The predicted octanol–water partition coefficient (Wildman–Crippen LogP) is 4.52. The van der Waals surface area contributed by atoms with Crippen LogP contribution >= 0.6 is 35.0 Å². The Labute approximate surface area is 143 Å². The van der Waals surface area contributed by atoms with E-state index in [-0.39, 0.29) is 5.91 Å². The number of carbonyl (C=O) groups is 1. The zero-order valence-corrected chi connectivity index (χ0v) is 14.5. The van der Waals surface area contributed by atoms with Gasteiger partial charge in [0, 0.05) is 28.6 Å². The minimum Gasteiger partial charge on any atom is -0.325 e. The lowest BCUT2D eigenvalue weighted by Crippen LogP contribution is -2.12. The molecule has 0 aliphatic carbocycles. The zero-order valence-electron chi connectivity index (χ0n) is 12.2. The van der Waals surface area contributed by atoms with Crippen molar-refractivity contribution in [2.45, 2.75) is 25.4 Å². The van der Waals surface area contributed by atoms with Crippen molar-refractivity contribution in [3.05, 3.63) is 45.7 Å². The van der Waals surface area contributed by atoms with Crippen LogP contribution < -0.4 is 5.32 Å². The maximum absolute atomic E-state index is 11.9. The van der Waals surface area contributed by atoms with Gasteiger partial charge in [0.2, 0.25) is 5.91 Å². The summed E-state index contributed by atoms with van der Waals surface area (Å²) >= 11 is 13.3. The van der Waals surface area contributed by atoms with Crippen molar-refractivity contribution in [2.75, 3.05) is 11.1 Å². The number of nitrogens with one attached hydrogen (secondary N) is 1. The minimum atomic E-state index is -0.124. The highest BCUT2D eigenvalue weighted by Gasteiger charge is 2.08. The SMILES string of the molecule is Cc1cc(C)nc(SCCC(=O)Nc2cc(Cl)ccc2Cl)n1. The lowest BCUT2D eigenvalue weighted by Gasteiger charge is -2.07. The largest absolute Gasteiger partial charge is 0.325 e. The molecule has 0 bridgehead atoms. The Bertz CT molecular complexity index is 674. The van der Waals surface area contributed by atoms with Gasteiger partial charge in [0.15, 0.2) is 5.16 Å². The topological polar surface area (TPSA) is 54.9 Å². The van der Waals surface area contributed by atoms with Gasteiger partial charge in [-0.2, -0.15) is 0 Å². The molecule has 2 aromatic rings. The summed E-state index contributed by atoms with van der Waals surface area (Å²) < 4.78 is 0. The van der Waals surface area contributed by atoms with Crippen LogP contribution in [-0.4, -0.2) is 21.6 Å². The molecule has 0 fully saturated rings. The van der Waals surface area contributed by atoms with E-state index >= 15 is 0 Å². The molecule has 2 rings (SSSR count). The van der Waals surface area contributed by atoms with Gasteiger partial charge in [-0.05, 0) is 38.1 Å². The fourth-order valence-corrected chi connectivity index (χ4v) is 3.02. The second-order valence-electron chi connectivity index (χ2n) is 4.70. The highest BCUT2D eigenvalue weighted by atomic mass is 35.5. The number of amides is 1. The molecule has 7 heteroatoms. The third kappa shape index (κ3) is 5.16. The van der Waals surface area contributed by atoms with Crippen molar-refractivity contribution in [3.8, 4) is 0 Å². The van der Waals surface area contributed by atoms with Gasteiger partial charge in [-0.15, -0.1) is 0 Å². The minimum absolute atomic E-state index is 0.124. The Hall–Kier alpha value is -1.30. The summed E-state index contributed by atoms with van der Waals surface area (Å²) in [7, 11) is 0. The number of nitrogens with zero attached hydrogens (tertiary/aromatic N) is 2. The maximum Gasteiger partial charge on any atom is 0.225 e. The second-order valence-corrected chi connectivity index (χ2v) is 6.61. The third-order valence-electron chi connectivity index (χ3n) is 2.72. The molecule has 116 valence electrons. The van der Waals surface area contributed by atoms with Crippen molar-refractivity contribution in [1.82, 2.24) is 9.97 Å². The second kappa shape index (κ2) is 7.81. The van der Waals surface area contributed by atoms with E-state index in [4.69, 9.17) is 23.2 Å². The molecular formula is C15H15Cl2N3OS. The van der Waals surface area contributed by atoms with Crippen molar-refractivity contribution in [1.29, 1.82) is 0 Å². The van der Waals surface area contributed by atoms with E-state index in [1.54, 1.807) is 18.2 Å². The van der Waals surface area contributed by atoms with Gasteiger partial charge in [0.05, 0.1) is 10.7 Å². The number of thioether (sulfide) groups is 1. The third-order valence-corrected chi connectivity index (χ3v) is 4.14. The van der Waals surface area contributed by atoms with E-state index in [0.29, 0.717) is 33.1 Å². The number of rotatable bonds is 5. The van der Waals surface area contributed by atoms with E-state index in [0.717, 1.165) is 11.4 Å². The standard InChI is InChI=1S/C15H15Cl2N3OS/c1-9-7-10(2)19-15(18-9)22-6-5-14(21)20-13-8-11(16)3-4-12(13)17/h3-4,7-8H,5-6H2,1-2H3,(H,20,21). The average molecular weight is 356 g/mol. The summed E-state index contributed by atoms with van der Waals surface area (Å²) in [6.07, 6.45) is 0.337. The molecular weight excluding hydrogens is 341 g/mol. The maximum atomic E-state index is 11.9. The van der Waals surface area contributed by atoms with E-state index in [1.165, 1.54) is 11.8 Å². The Balaban J connectivity index is 1.86. The van der Waals surface area contributed by atoms with Crippen LogP contribution in [0.25, 0.3) is 0 Å². The van der Waals surface area contributed by atoms with Gasteiger partial charge in [0.1, 0.15) is 0 Å². The summed E-state index contributed by atoms with van der Waals surface area (Å²) in [6, 6.07) is 6.87. The van der Waals surface area contributed by atoms with Crippen LogP contribution in [0.4, 0.5) is 5.69 Å². The quantitative estimate of drug-likeness (QED) is 0.632. The lowest BCUT2D eigenvalue weighted by molar-refractivity contribution is -0.115. The summed E-state index contributed by atoms with van der Waals surface area (Å²) in [5.41, 5.74) is 2.36. The number of benzene rings is 1. The molecule has 0 spiro atoms. The Morgan fingerprint density at radius 1 is 1.18 bits per heavy atom. The Morgan fingerprint density at radius 2 is 1.86 bits per heavy atom. The molecule has 0 aliphatic rings. The van der Waals surface area contributed by atoms with Crippen molar-refractivity contribution in [2.24, 2.45) is 0 Å². The smallest absolute Gasteiger partial charge is 0.225 e. The molecule has 0 saturated carbocycles. The number of halogens is 2. The predicted molar refractivity (Wildman–Crippen MR) is 91.9 cm³/mol. The first kappa shape index (κ1) is 17.1. The molecule has 1 aromatic heterocycles. The summed E-state index contributed by atoms with van der Waals surface area (Å²) in [5, 5.41) is 4.42. The van der Waals surface area contributed by atoms with Gasteiger partial charge >= 0.3 is 0 Å². The highest BCUT2D eigenvalue weighted by Crippen LogP contribution is 2.25. The van der Waals surface area contributed by atoms with Crippen LogP contribution in [0.5, 0.6) is 0 Å². The average Bonchev–Trinajstić information content (AvgIpc) is 2.42. The number of hydrogen-bond acceptors (Lipinski definition) is 4. The van der Waals surface area contributed by atoms with Crippen molar-refractivity contribution < 1.29 is 4.79 Å². The monoisotopic (exact) mass is 355 g/mol. The first-order chi connectivity index (χ1) is 10.4. The molecule has 0 unspecified atom stereocenters. The van der Waals surface area contributed by atoms with Crippen LogP contribution in [0.15, 0.2) is 29.4 Å².